The average Bonchev–Trinajstić information content (AvgIpc) is 1.88. The predicted molar refractivity (Wildman–Crippen MR) is 334 cm³/mol. The molecule has 6 rings (SSSR count). The van der Waals surface area contributed by atoms with Crippen molar-refractivity contribution in [1.29, 1.82) is 0 Å². The number of rotatable bonds is 20. The number of likely N-dealkylation sites (tertiary alicyclic amines) is 1. The summed E-state index contributed by atoms with van der Waals surface area (Å²) in [4.78, 5) is 131. The van der Waals surface area contributed by atoms with Crippen molar-refractivity contribution >= 4 is 65.4 Å². The highest BCUT2D eigenvalue weighted by molar-refractivity contribution is 8.01. The Kier molecular flexibility index (Phi) is 22.8. The Hall–Kier alpha value is -7.16. The molecule has 1 aliphatic heterocycles. The number of fused-ring (bicyclic) bond motifs is 2. The molecule has 9 atom stereocenters. The molecule has 87 heavy (non-hydrogen) atoms. The third-order valence-corrected chi connectivity index (χ3v) is 17.9. The molecule has 3 aromatic carbocycles. The van der Waals surface area contributed by atoms with Gasteiger partial charge in [-0.2, -0.15) is 0 Å². The van der Waals surface area contributed by atoms with Crippen LogP contribution in [-0.4, -0.2) is 154 Å². The maximum atomic E-state index is 15.2. The van der Waals surface area contributed by atoms with E-state index in [0.717, 1.165) is 76.6 Å². The van der Waals surface area contributed by atoms with Gasteiger partial charge in [0.1, 0.15) is 47.5 Å². The summed E-state index contributed by atoms with van der Waals surface area (Å²) >= 11 is 1.08. The lowest BCUT2D eigenvalue weighted by molar-refractivity contribution is -0.144. The lowest BCUT2D eigenvalue weighted by Gasteiger charge is -2.37. The molecule has 476 valence electrons. The number of ether oxygens (including phenoxy) is 3. The van der Waals surface area contributed by atoms with Crippen molar-refractivity contribution < 1.29 is 57.4 Å². The Labute approximate surface area is 518 Å². The van der Waals surface area contributed by atoms with Crippen molar-refractivity contribution in [2.24, 2.45) is 5.41 Å². The number of likely N-dealkylation sites (N-methyl/N-ethyl adjacent to an activating group) is 2. The van der Waals surface area contributed by atoms with Gasteiger partial charge in [-0.15, -0.1) is 11.8 Å². The van der Waals surface area contributed by atoms with Crippen molar-refractivity contribution in [3.63, 3.8) is 0 Å². The van der Waals surface area contributed by atoms with E-state index in [4.69, 9.17) is 14.2 Å². The van der Waals surface area contributed by atoms with E-state index in [2.05, 4.69) is 32.7 Å². The maximum Gasteiger partial charge on any atom is 0.410 e. The number of carbonyl (C=O) groups excluding carboxylic acids is 9. The molecular weight excluding hydrogens is 1130 g/mol. The van der Waals surface area contributed by atoms with Gasteiger partial charge >= 0.3 is 18.2 Å². The van der Waals surface area contributed by atoms with E-state index in [1.165, 1.54) is 33.0 Å². The van der Waals surface area contributed by atoms with Gasteiger partial charge < -0.3 is 45.7 Å². The molecule has 1 heterocycles. The second kappa shape index (κ2) is 28.8. The highest BCUT2D eigenvalue weighted by Crippen LogP contribution is 2.37. The standard InChI is InChI=1S/C66H94N8O12S/c1-39(72(14)61(82)85-64(6,7)8)55(76)70-53(66(12,13)87-38-52(75)84-16)59(80)69-50(57(78)67-48-29-21-25-43-23-17-19-27-46(43)48)35-41-31-33-42(34-32-41)45-36-51(58(79)68-49-30-22-26-44-24-18-20-28-47(44)49)74(37-45)60(81)54(63(3,4)5)71-56(77)40(2)73(15)62(83)86-65(9,10)11/h17-20,23-24,27-28,31-34,39-40,45,48-51,53-54H,21-22,25-26,29-30,35-38H2,1-16H3,(H,67,78)(H,68,79)(H,69,80)(H,70,76)(H,71,77)/t39-,40-,45?,48?,49?,50?,51?,53?,54?/m0/s1. The summed E-state index contributed by atoms with van der Waals surface area (Å²) in [5.41, 5.74) is 3.25. The zero-order chi connectivity index (χ0) is 64.5. The van der Waals surface area contributed by atoms with Crippen LogP contribution in [0.2, 0.25) is 0 Å². The van der Waals surface area contributed by atoms with E-state index in [1.54, 1.807) is 67.2 Å². The van der Waals surface area contributed by atoms with Crippen LogP contribution >= 0.6 is 11.8 Å². The minimum Gasteiger partial charge on any atom is -0.468 e. The molecule has 5 N–H and O–H groups in total. The summed E-state index contributed by atoms with van der Waals surface area (Å²) in [6.07, 6.45) is 3.62. The van der Waals surface area contributed by atoms with E-state index in [0.29, 0.717) is 12.0 Å². The van der Waals surface area contributed by atoms with Gasteiger partial charge in [-0.05, 0) is 153 Å². The van der Waals surface area contributed by atoms with E-state index < -0.39 is 105 Å². The first-order valence-corrected chi connectivity index (χ1v) is 31.3. The minimum atomic E-state index is -1.36. The van der Waals surface area contributed by atoms with E-state index in [1.807, 2.05) is 87.5 Å². The number of nitrogens with zero attached hydrogens (tertiary/aromatic N) is 3. The quantitative estimate of drug-likeness (QED) is 0.0532. The van der Waals surface area contributed by atoms with Crippen LogP contribution in [0.5, 0.6) is 0 Å². The fourth-order valence-corrected chi connectivity index (χ4v) is 12.1. The van der Waals surface area contributed by atoms with Gasteiger partial charge in [-0.25, -0.2) is 9.59 Å². The summed E-state index contributed by atoms with van der Waals surface area (Å²) < 4.78 is 14.8. The Morgan fingerprint density at radius 3 is 1.59 bits per heavy atom. The summed E-state index contributed by atoms with van der Waals surface area (Å²) in [5, 5.41) is 15.3. The lowest BCUT2D eigenvalue weighted by atomic mass is 9.85. The Morgan fingerprint density at radius 2 is 1.10 bits per heavy atom. The third-order valence-electron chi connectivity index (χ3n) is 16.5. The number of hydrogen-bond donors (Lipinski definition) is 5. The van der Waals surface area contributed by atoms with E-state index in [-0.39, 0.29) is 49.0 Å². The minimum absolute atomic E-state index is 0.00191. The molecule has 3 aromatic rings. The van der Waals surface area contributed by atoms with Crippen LogP contribution in [0.25, 0.3) is 0 Å². The monoisotopic (exact) mass is 1220 g/mol. The largest absolute Gasteiger partial charge is 0.468 e. The molecule has 0 aromatic heterocycles. The smallest absolute Gasteiger partial charge is 0.410 e. The van der Waals surface area contributed by atoms with Crippen LogP contribution in [0, 0.1) is 5.41 Å². The summed E-state index contributed by atoms with van der Waals surface area (Å²) in [5.74, 6) is -4.31. The molecule has 0 saturated carbocycles. The molecule has 0 bridgehead atoms. The van der Waals surface area contributed by atoms with Crippen LogP contribution in [0.15, 0.2) is 72.8 Å². The van der Waals surface area contributed by atoms with Crippen LogP contribution in [-0.2, 0) is 67.0 Å². The molecule has 2 aliphatic carbocycles. The molecule has 20 nitrogen and oxygen atoms in total. The second-order valence-corrected chi connectivity index (χ2v) is 28.6. The number of hydrogen-bond acceptors (Lipinski definition) is 13. The topological polar surface area (TPSA) is 251 Å². The number of amides is 8. The number of aryl methyl sites for hydroxylation is 2. The molecule has 0 radical (unpaired) electrons. The zero-order valence-electron chi connectivity index (χ0n) is 53.8. The fourth-order valence-electron chi connectivity index (χ4n) is 11.2. The molecule has 8 amide bonds. The summed E-state index contributed by atoms with van der Waals surface area (Å²) in [6, 6.07) is 16.1. The first-order chi connectivity index (χ1) is 40.6. The van der Waals surface area contributed by atoms with Crippen LogP contribution in [0.4, 0.5) is 9.59 Å². The van der Waals surface area contributed by atoms with Gasteiger partial charge in [0.15, 0.2) is 0 Å². The average molecular weight is 1220 g/mol. The van der Waals surface area contributed by atoms with Crippen LogP contribution in [0.1, 0.15) is 173 Å². The second-order valence-electron chi connectivity index (χ2n) is 27.0. The molecular formula is C66H94N8O12S. The first kappa shape index (κ1) is 68.9. The van der Waals surface area contributed by atoms with Crippen molar-refractivity contribution in [3.8, 4) is 0 Å². The molecule has 1 fully saturated rings. The molecule has 3 aliphatic rings. The maximum absolute atomic E-state index is 15.2. The van der Waals surface area contributed by atoms with Crippen molar-refractivity contribution in [2.75, 3.05) is 33.5 Å². The fraction of sp³-hybridized carbons (Fsp3) is 0.591. The SMILES string of the molecule is COC(=O)CSC(C)(C)C(NC(=O)[C@H](C)N(C)C(=O)OC(C)(C)C)C(=O)NC(Cc1ccc(C2CC(C(=O)NC3CCCc4ccccc43)N(C(=O)C(NC(=O)[C@H](C)N(C)C(=O)OC(C)(C)C)C(C)(C)C)C2)cc1)C(=O)NC1CCCc2ccccc21. The van der Waals surface area contributed by atoms with Crippen molar-refractivity contribution in [2.45, 2.75) is 212 Å². The number of esters is 1. The lowest BCUT2D eigenvalue weighted by Crippen LogP contribution is -2.62. The van der Waals surface area contributed by atoms with E-state index >= 15 is 4.79 Å². The van der Waals surface area contributed by atoms with Gasteiger partial charge in [0, 0.05) is 37.7 Å². The molecule has 7 unspecified atom stereocenters. The van der Waals surface area contributed by atoms with E-state index in [9.17, 15) is 38.4 Å². The Balaban J connectivity index is 1.31. The Morgan fingerprint density at radius 1 is 0.621 bits per heavy atom. The van der Waals surface area contributed by atoms with Crippen molar-refractivity contribution in [3.05, 3.63) is 106 Å². The number of benzene rings is 3. The van der Waals surface area contributed by atoms with Crippen LogP contribution < -0.4 is 26.6 Å². The van der Waals surface area contributed by atoms with Crippen molar-refractivity contribution in [1.82, 2.24) is 41.3 Å². The van der Waals surface area contributed by atoms with Gasteiger partial charge in [0.05, 0.1) is 24.9 Å². The van der Waals surface area contributed by atoms with Gasteiger partial charge in [0.2, 0.25) is 35.4 Å². The predicted octanol–water partition coefficient (Wildman–Crippen LogP) is 8.00. The highest BCUT2D eigenvalue weighted by atomic mass is 32.2. The van der Waals surface area contributed by atoms with Gasteiger partial charge in [0.25, 0.3) is 0 Å². The number of methoxy groups -OCH3 is 1. The number of thioether (sulfide) groups is 1. The third kappa shape index (κ3) is 18.5. The molecule has 1 saturated heterocycles. The Bertz CT molecular complexity index is 2990. The zero-order valence-corrected chi connectivity index (χ0v) is 54.7. The van der Waals surface area contributed by atoms with Gasteiger partial charge in [-0.3, -0.25) is 43.4 Å². The number of carbonyl (C=O) groups is 9. The van der Waals surface area contributed by atoms with Gasteiger partial charge in [-0.1, -0.05) is 93.6 Å². The summed E-state index contributed by atoms with van der Waals surface area (Å²) in [6.45, 7) is 22.3. The van der Waals surface area contributed by atoms with Crippen LogP contribution in [0.3, 0.4) is 0 Å². The number of nitrogens with one attached hydrogen (secondary N) is 5. The highest BCUT2D eigenvalue weighted by Gasteiger charge is 2.47. The first-order valence-electron chi connectivity index (χ1n) is 30.3. The normalized spacial score (nSPS) is 19.4. The molecule has 21 heteroatoms. The molecule has 0 spiro atoms. The summed E-state index contributed by atoms with van der Waals surface area (Å²) in [7, 11) is 4.12.